The Morgan fingerprint density at radius 2 is 1.66 bits per heavy atom. The van der Waals surface area contributed by atoms with Gasteiger partial charge in [-0.2, -0.15) is 10.5 Å². The number of thioether (sulfide) groups is 1. The van der Waals surface area contributed by atoms with Crippen LogP contribution in [0.1, 0.15) is 21.9 Å². The number of primary sulfonamides is 1. The summed E-state index contributed by atoms with van der Waals surface area (Å²) in [6, 6.07) is 19.4. The molecule has 0 saturated carbocycles. The second kappa shape index (κ2) is 9.49. The number of sulfonamides is 1. The van der Waals surface area contributed by atoms with Gasteiger partial charge in [-0.15, -0.1) is 0 Å². The molecule has 0 bridgehead atoms. The molecule has 160 valence electrons. The molecule has 1 amide bonds. The lowest BCUT2D eigenvalue weighted by Crippen LogP contribution is -2.19. The van der Waals surface area contributed by atoms with Crippen LogP contribution in [0.2, 0.25) is 0 Å². The summed E-state index contributed by atoms with van der Waals surface area (Å²) in [5.41, 5.74) is 6.99. The number of carbonyl (C=O) groups is 1. The number of hydrogen-bond acceptors (Lipinski definition) is 8. The zero-order chi connectivity index (χ0) is 23.3. The van der Waals surface area contributed by atoms with Gasteiger partial charge in [0.05, 0.1) is 16.0 Å². The second-order valence-electron chi connectivity index (χ2n) is 6.46. The van der Waals surface area contributed by atoms with Crippen molar-refractivity contribution in [2.75, 3.05) is 11.1 Å². The Labute approximate surface area is 188 Å². The van der Waals surface area contributed by atoms with E-state index in [1.54, 1.807) is 30.3 Å². The monoisotopic (exact) mass is 464 g/mol. The number of nitrogens with two attached hydrogens (primary N) is 2. The van der Waals surface area contributed by atoms with Crippen molar-refractivity contribution in [2.24, 2.45) is 5.14 Å². The molecule has 1 heterocycles. The lowest BCUT2D eigenvalue weighted by Gasteiger charge is -2.17. The molecule has 0 spiro atoms. The number of rotatable bonds is 6. The lowest BCUT2D eigenvalue weighted by atomic mass is 10.1. The first-order chi connectivity index (χ1) is 15.2. The summed E-state index contributed by atoms with van der Waals surface area (Å²) < 4.78 is 22.8. The molecule has 9 nitrogen and oxygen atoms in total. The van der Waals surface area contributed by atoms with E-state index in [1.807, 2.05) is 12.1 Å². The van der Waals surface area contributed by atoms with Crippen LogP contribution in [0.15, 0.2) is 70.6 Å². The molecule has 3 aromatic rings. The van der Waals surface area contributed by atoms with Crippen LogP contribution in [0.3, 0.4) is 0 Å². The molecular weight excluding hydrogens is 448 g/mol. The van der Waals surface area contributed by atoms with Gasteiger partial charge in [-0.3, -0.25) is 4.79 Å². The van der Waals surface area contributed by atoms with Gasteiger partial charge in [0.2, 0.25) is 15.9 Å². The summed E-state index contributed by atoms with van der Waals surface area (Å²) in [5, 5.41) is 25.8. The van der Waals surface area contributed by atoms with Crippen molar-refractivity contribution in [3.8, 4) is 12.1 Å². The molecular formula is C21H16N6O3S2. The first-order valence-corrected chi connectivity index (χ1v) is 11.4. The number of pyridine rings is 1. The number of carbonyl (C=O) groups excluding carboxylic acids is 1. The molecule has 2 aromatic carbocycles. The molecule has 0 aliphatic heterocycles. The van der Waals surface area contributed by atoms with Crippen LogP contribution in [-0.4, -0.2) is 19.3 Å². The minimum Gasteiger partial charge on any atom is -0.383 e. The summed E-state index contributed by atoms with van der Waals surface area (Å²) in [5.74, 6) is -0.474. The Bertz CT molecular complexity index is 1350. The van der Waals surface area contributed by atoms with Gasteiger partial charge < -0.3 is 11.1 Å². The second-order valence-corrected chi connectivity index (χ2v) is 9.12. The molecule has 1 aromatic heterocycles. The van der Waals surface area contributed by atoms with Gasteiger partial charge in [-0.25, -0.2) is 18.5 Å². The van der Waals surface area contributed by atoms with Crippen LogP contribution in [0.4, 0.5) is 11.5 Å². The average molecular weight is 465 g/mol. The lowest BCUT2D eigenvalue weighted by molar-refractivity contribution is -0.115. The van der Waals surface area contributed by atoms with Gasteiger partial charge in [0.1, 0.15) is 28.2 Å². The van der Waals surface area contributed by atoms with Crippen LogP contribution in [0, 0.1) is 22.7 Å². The van der Waals surface area contributed by atoms with E-state index in [0.29, 0.717) is 11.3 Å². The maximum atomic E-state index is 13.1. The quantitative estimate of drug-likeness (QED) is 0.466. The van der Waals surface area contributed by atoms with Crippen molar-refractivity contribution < 1.29 is 13.2 Å². The molecule has 1 atom stereocenters. The van der Waals surface area contributed by atoms with Gasteiger partial charge in [0.15, 0.2) is 0 Å². The van der Waals surface area contributed by atoms with E-state index >= 15 is 0 Å². The predicted octanol–water partition coefficient (Wildman–Crippen LogP) is 2.53. The number of nitrogens with one attached hydrogen (secondary N) is 1. The molecule has 3 rings (SSSR count). The normalized spacial score (nSPS) is 11.7. The summed E-state index contributed by atoms with van der Waals surface area (Å²) >= 11 is 1.01. The third kappa shape index (κ3) is 5.22. The average Bonchev–Trinajstić information content (AvgIpc) is 2.77. The number of nitrogen functional groups attached to an aromatic ring is 1. The fourth-order valence-corrected chi connectivity index (χ4v) is 4.30. The summed E-state index contributed by atoms with van der Waals surface area (Å²) in [6.07, 6.45) is 0. The van der Waals surface area contributed by atoms with Gasteiger partial charge in [-0.1, -0.05) is 42.1 Å². The van der Waals surface area contributed by atoms with Gasteiger partial charge in [-0.05, 0) is 35.9 Å². The number of nitrogens with zero attached hydrogens (tertiary/aromatic N) is 3. The van der Waals surface area contributed by atoms with E-state index in [2.05, 4.69) is 10.3 Å². The van der Waals surface area contributed by atoms with Crippen LogP contribution in [0.5, 0.6) is 0 Å². The van der Waals surface area contributed by atoms with Crippen LogP contribution in [0.25, 0.3) is 0 Å². The molecule has 0 radical (unpaired) electrons. The van der Waals surface area contributed by atoms with Crippen molar-refractivity contribution in [1.29, 1.82) is 10.5 Å². The Morgan fingerprint density at radius 3 is 2.22 bits per heavy atom. The molecule has 0 fully saturated rings. The third-order valence-corrected chi connectivity index (χ3v) is 6.46. The molecule has 11 heteroatoms. The summed E-state index contributed by atoms with van der Waals surface area (Å²) in [4.78, 5) is 17.2. The van der Waals surface area contributed by atoms with Crippen molar-refractivity contribution in [3.63, 3.8) is 0 Å². The minimum atomic E-state index is -3.86. The fraction of sp³-hybridized carbons (Fsp3) is 0.0476. The highest BCUT2D eigenvalue weighted by Crippen LogP contribution is 2.37. The van der Waals surface area contributed by atoms with E-state index in [0.717, 1.165) is 11.8 Å². The standard InChI is InChI=1S/C21H16N6O3S2/c22-11-14-10-15(12-23)21(27-19(14)24)31-18(13-4-2-1-3-5-13)20(28)26-16-6-8-17(9-7-16)32(25,29)30/h1-10,18H,(H2,24,27)(H,26,28)(H2,25,29,30)/t18-/m0/s1. The first-order valence-electron chi connectivity index (χ1n) is 8.99. The largest absolute Gasteiger partial charge is 0.383 e. The number of benzene rings is 2. The van der Waals surface area contributed by atoms with Gasteiger partial charge in [0.25, 0.3) is 0 Å². The van der Waals surface area contributed by atoms with E-state index in [9.17, 15) is 18.5 Å². The third-order valence-electron chi connectivity index (χ3n) is 4.28. The zero-order valence-corrected chi connectivity index (χ0v) is 18.0. The summed E-state index contributed by atoms with van der Waals surface area (Å²) in [6.45, 7) is 0. The number of anilines is 2. The highest BCUT2D eigenvalue weighted by molar-refractivity contribution is 8.00. The van der Waals surface area contributed by atoms with Gasteiger partial charge >= 0.3 is 0 Å². The van der Waals surface area contributed by atoms with E-state index < -0.39 is 21.2 Å². The Kier molecular flexibility index (Phi) is 6.76. The molecule has 0 saturated heterocycles. The maximum absolute atomic E-state index is 13.1. The molecule has 0 aliphatic rings. The van der Waals surface area contributed by atoms with Crippen LogP contribution >= 0.6 is 11.8 Å². The fourth-order valence-electron chi connectivity index (χ4n) is 2.72. The number of hydrogen-bond donors (Lipinski definition) is 3. The molecule has 32 heavy (non-hydrogen) atoms. The highest BCUT2D eigenvalue weighted by Gasteiger charge is 2.25. The Morgan fingerprint density at radius 1 is 1.03 bits per heavy atom. The van der Waals surface area contributed by atoms with Crippen molar-refractivity contribution in [2.45, 2.75) is 15.2 Å². The molecule has 0 unspecified atom stereocenters. The maximum Gasteiger partial charge on any atom is 0.242 e. The van der Waals surface area contributed by atoms with E-state index in [4.69, 9.17) is 16.1 Å². The molecule has 0 aliphatic carbocycles. The van der Waals surface area contributed by atoms with Crippen LogP contribution < -0.4 is 16.2 Å². The van der Waals surface area contributed by atoms with E-state index in [-0.39, 0.29) is 26.9 Å². The highest BCUT2D eigenvalue weighted by atomic mass is 32.2. The van der Waals surface area contributed by atoms with Crippen molar-refractivity contribution in [3.05, 3.63) is 77.4 Å². The molecule has 5 N–H and O–H groups in total. The zero-order valence-electron chi connectivity index (χ0n) is 16.4. The number of amides is 1. The first kappa shape index (κ1) is 22.8. The van der Waals surface area contributed by atoms with E-state index in [1.165, 1.54) is 30.3 Å². The smallest absolute Gasteiger partial charge is 0.242 e. The Hall–Kier alpha value is -3.90. The number of aromatic nitrogens is 1. The summed E-state index contributed by atoms with van der Waals surface area (Å²) in [7, 11) is -3.86. The Balaban J connectivity index is 1.94. The van der Waals surface area contributed by atoms with Crippen LogP contribution in [-0.2, 0) is 14.8 Å². The van der Waals surface area contributed by atoms with Crippen molar-refractivity contribution >= 4 is 39.2 Å². The van der Waals surface area contributed by atoms with Gasteiger partial charge in [0, 0.05) is 5.69 Å². The minimum absolute atomic E-state index is 0.0418. The topological polar surface area (TPSA) is 176 Å². The van der Waals surface area contributed by atoms with Crippen molar-refractivity contribution in [1.82, 2.24) is 4.98 Å². The predicted molar refractivity (Wildman–Crippen MR) is 120 cm³/mol. The number of nitriles is 2. The SMILES string of the molecule is N#Cc1cc(C#N)c(S[C@H](C(=O)Nc2ccc(S(N)(=O)=O)cc2)c2ccccc2)nc1N.